The Morgan fingerprint density at radius 3 is 1.40 bits per heavy atom. The lowest BCUT2D eigenvalue weighted by Crippen LogP contribution is -2.47. The average molecular weight is 997 g/mol. The van der Waals surface area contributed by atoms with E-state index in [9.17, 15) is 19.0 Å². The van der Waals surface area contributed by atoms with Gasteiger partial charge in [-0.05, 0) is 96.0 Å². The molecule has 0 heterocycles. The molecule has 0 spiro atoms. The van der Waals surface area contributed by atoms with Gasteiger partial charge in [-0.15, -0.1) is 0 Å². The molecular formula is C60H105N2O7P. The van der Waals surface area contributed by atoms with Crippen LogP contribution in [0, 0.1) is 0 Å². The van der Waals surface area contributed by atoms with Gasteiger partial charge >= 0.3 is 5.97 Å². The number of ether oxygens (including phenoxy) is 1. The van der Waals surface area contributed by atoms with Gasteiger partial charge in [-0.3, -0.25) is 14.2 Å². The van der Waals surface area contributed by atoms with Crippen LogP contribution >= 0.6 is 7.82 Å². The first kappa shape index (κ1) is 66.9. The monoisotopic (exact) mass is 997 g/mol. The minimum atomic E-state index is -4.72. The van der Waals surface area contributed by atoms with Crippen molar-refractivity contribution in [2.24, 2.45) is 0 Å². The summed E-state index contributed by atoms with van der Waals surface area (Å²) in [5.74, 6) is -0.664. The molecule has 10 heteroatoms. The SMILES string of the molecule is CC/C=C\C/C=C\C/C=C\C/C=C\C/C=C\CCCCCC(=O)OC(/C=C\CCCCCCCCCCCC)C(COP(=O)([O-])OCC[N+](C)(C)C)NC(=O)CC/C=C/C/C=C\CCCCCCCC. The first-order valence-electron chi connectivity index (χ1n) is 28.0. The lowest BCUT2D eigenvalue weighted by Gasteiger charge is -2.30. The summed E-state index contributed by atoms with van der Waals surface area (Å²) in [6, 6.07) is -0.936. The highest BCUT2D eigenvalue weighted by Gasteiger charge is 2.27. The molecule has 3 atom stereocenters. The van der Waals surface area contributed by atoms with Gasteiger partial charge in [-0.2, -0.15) is 0 Å². The molecule has 0 rings (SSSR count). The normalized spacial score (nSPS) is 14.6. The predicted molar refractivity (Wildman–Crippen MR) is 297 cm³/mol. The molecule has 0 aromatic heterocycles. The number of allylic oxidation sites excluding steroid dienone is 15. The minimum Gasteiger partial charge on any atom is -0.756 e. The largest absolute Gasteiger partial charge is 0.756 e. The molecule has 1 N–H and O–H groups in total. The zero-order chi connectivity index (χ0) is 51.5. The maximum atomic E-state index is 13.4. The third-order valence-corrected chi connectivity index (χ3v) is 12.7. The van der Waals surface area contributed by atoms with Gasteiger partial charge in [0, 0.05) is 12.8 Å². The van der Waals surface area contributed by atoms with Crippen LogP contribution in [0.3, 0.4) is 0 Å². The summed E-state index contributed by atoms with van der Waals surface area (Å²) in [4.78, 5) is 39.7. The minimum absolute atomic E-state index is 0.0415. The number of quaternary nitrogens is 1. The zero-order valence-electron chi connectivity index (χ0n) is 45.7. The number of nitrogens with zero attached hydrogens (tertiary/aromatic N) is 1. The molecule has 402 valence electrons. The van der Waals surface area contributed by atoms with E-state index in [2.05, 4.69) is 105 Å². The first-order chi connectivity index (χ1) is 33.9. The number of hydrogen-bond acceptors (Lipinski definition) is 7. The number of phosphoric acid groups is 1. The van der Waals surface area contributed by atoms with Gasteiger partial charge in [0.05, 0.1) is 33.8 Å². The summed E-state index contributed by atoms with van der Waals surface area (Å²) in [5, 5.41) is 2.96. The lowest BCUT2D eigenvalue weighted by molar-refractivity contribution is -0.870. The van der Waals surface area contributed by atoms with Crippen LogP contribution in [0.4, 0.5) is 0 Å². The Labute approximate surface area is 430 Å². The van der Waals surface area contributed by atoms with Gasteiger partial charge in [0.1, 0.15) is 19.3 Å². The van der Waals surface area contributed by atoms with E-state index in [1.165, 1.54) is 89.9 Å². The van der Waals surface area contributed by atoms with Crippen LogP contribution in [0.15, 0.2) is 97.2 Å². The summed E-state index contributed by atoms with van der Waals surface area (Å²) < 4.78 is 30.1. The Morgan fingerprint density at radius 2 is 0.929 bits per heavy atom. The van der Waals surface area contributed by atoms with Crippen LogP contribution in [-0.4, -0.2) is 69.4 Å². The Kier molecular flexibility index (Phi) is 47.3. The molecule has 0 saturated heterocycles. The van der Waals surface area contributed by atoms with Gasteiger partial charge < -0.3 is 28.5 Å². The summed E-state index contributed by atoms with van der Waals surface area (Å²) in [6.07, 6.45) is 65.3. The van der Waals surface area contributed by atoms with E-state index in [0.717, 1.165) is 83.5 Å². The predicted octanol–water partition coefficient (Wildman–Crippen LogP) is 16.2. The van der Waals surface area contributed by atoms with Crippen molar-refractivity contribution >= 4 is 19.7 Å². The van der Waals surface area contributed by atoms with Gasteiger partial charge in [-0.25, -0.2) is 0 Å². The van der Waals surface area contributed by atoms with Crippen molar-refractivity contribution in [3.63, 3.8) is 0 Å². The van der Waals surface area contributed by atoms with Gasteiger partial charge in [0.2, 0.25) is 5.91 Å². The third kappa shape index (κ3) is 49.9. The van der Waals surface area contributed by atoms with Crippen molar-refractivity contribution in [3.05, 3.63) is 97.2 Å². The molecule has 0 aromatic carbocycles. The van der Waals surface area contributed by atoms with E-state index >= 15 is 0 Å². The van der Waals surface area contributed by atoms with Crippen molar-refractivity contribution in [1.82, 2.24) is 5.32 Å². The molecule has 0 aromatic rings. The number of carbonyl (C=O) groups is 2. The van der Waals surface area contributed by atoms with E-state index in [1.54, 1.807) is 6.08 Å². The number of unbranched alkanes of at least 4 members (excludes halogenated alkanes) is 19. The lowest BCUT2D eigenvalue weighted by atomic mass is 10.1. The smallest absolute Gasteiger partial charge is 0.306 e. The molecule has 0 aliphatic carbocycles. The highest BCUT2D eigenvalue weighted by atomic mass is 31.2. The summed E-state index contributed by atoms with van der Waals surface area (Å²) in [5.41, 5.74) is 0. The summed E-state index contributed by atoms with van der Waals surface area (Å²) in [7, 11) is 1.12. The van der Waals surface area contributed by atoms with Crippen LogP contribution in [0.5, 0.6) is 0 Å². The van der Waals surface area contributed by atoms with Crippen molar-refractivity contribution in [2.45, 2.75) is 232 Å². The Morgan fingerprint density at radius 1 is 0.514 bits per heavy atom. The Bertz CT molecular complexity index is 1520. The van der Waals surface area contributed by atoms with Crippen LogP contribution < -0.4 is 10.2 Å². The molecular weight excluding hydrogens is 892 g/mol. The number of hydrogen-bond donors (Lipinski definition) is 1. The number of nitrogens with one attached hydrogen (secondary N) is 1. The second-order valence-electron chi connectivity index (χ2n) is 19.7. The highest BCUT2D eigenvalue weighted by molar-refractivity contribution is 7.45. The van der Waals surface area contributed by atoms with E-state index in [1.807, 2.05) is 33.3 Å². The van der Waals surface area contributed by atoms with E-state index < -0.39 is 26.6 Å². The molecule has 0 fully saturated rings. The summed E-state index contributed by atoms with van der Waals surface area (Å²) in [6.45, 7) is 6.62. The molecule has 0 aliphatic rings. The number of amides is 1. The first-order valence-corrected chi connectivity index (χ1v) is 29.5. The summed E-state index contributed by atoms with van der Waals surface area (Å²) >= 11 is 0. The van der Waals surface area contributed by atoms with E-state index in [4.69, 9.17) is 13.8 Å². The number of likely N-dealkylation sites (N-methyl/N-ethyl adjacent to an activating group) is 1. The quantitative estimate of drug-likeness (QED) is 0.0212. The van der Waals surface area contributed by atoms with Crippen LogP contribution in [0.1, 0.15) is 220 Å². The second kappa shape index (κ2) is 49.5. The second-order valence-corrected chi connectivity index (χ2v) is 21.1. The molecule has 3 unspecified atom stereocenters. The number of esters is 1. The van der Waals surface area contributed by atoms with Crippen molar-refractivity contribution < 1.29 is 37.3 Å². The van der Waals surface area contributed by atoms with Crippen molar-refractivity contribution in [3.8, 4) is 0 Å². The number of carbonyl (C=O) groups excluding carboxylic acids is 2. The van der Waals surface area contributed by atoms with Gasteiger partial charge in [0.25, 0.3) is 7.82 Å². The standard InChI is InChI=1S/C60H105N2O7P/c1-7-10-13-16-19-22-25-28-29-30-31-32-33-35-38-41-44-47-50-53-60(64)69-58(51-48-45-42-39-36-27-24-21-18-15-12-9-3)57(56-68-70(65,66)67-55-54-62(4,5)6)61-59(63)52-49-46-43-40-37-34-26-23-20-17-14-11-8-2/h10,13,19,22,28-29,31-32,34-35,37-38,43,46,48,51,57-58H,7-9,11-12,14-18,20-21,23-27,30,33,36,39-42,44-45,47,49-50,52-56H2,1-6H3,(H-,61,63,65,66)/b13-10-,22-19-,29-28-,32-31-,37-34-,38-35-,46-43+,51-48-. The maximum Gasteiger partial charge on any atom is 0.306 e. The average Bonchev–Trinajstić information content (AvgIpc) is 3.32. The maximum absolute atomic E-state index is 13.4. The fourth-order valence-electron chi connectivity index (χ4n) is 7.42. The third-order valence-electron chi connectivity index (χ3n) is 11.8. The molecule has 9 nitrogen and oxygen atoms in total. The fraction of sp³-hybridized carbons (Fsp3) is 0.700. The van der Waals surface area contributed by atoms with Gasteiger partial charge in [0.15, 0.2) is 0 Å². The Hall–Kier alpha value is -3.07. The number of phosphoric ester groups is 1. The van der Waals surface area contributed by atoms with Crippen molar-refractivity contribution in [1.29, 1.82) is 0 Å². The Balaban J connectivity index is 5.49. The van der Waals surface area contributed by atoms with Crippen LogP contribution in [0.2, 0.25) is 0 Å². The van der Waals surface area contributed by atoms with Crippen molar-refractivity contribution in [2.75, 3.05) is 40.9 Å². The molecule has 1 amide bonds. The molecule has 0 radical (unpaired) electrons. The molecule has 0 saturated carbocycles. The highest BCUT2D eigenvalue weighted by Crippen LogP contribution is 2.38. The van der Waals surface area contributed by atoms with Gasteiger partial charge in [-0.1, -0.05) is 208 Å². The van der Waals surface area contributed by atoms with E-state index in [-0.39, 0.29) is 31.3 Å². The molecule has 70 heavy (non-hydrogen) atoms. The molecule has 0 aliphatic heterocycles. The van der Waals surface area contributed by atoms with Crippen LogP contribution in [0.25, 0.3) is 0 Å². The van der Waals surface area contributed by atoms with Crippen LogP contribution in [-0.2, 0) is 27.9 Å². The topological polar surface area (TPSA) is 114 Å². The zero-order valence-corrected chi connectivity index (χ0v) is 46.6. The van der Waals surface area contributed by atoms with E-state index in [0.29, 0.717) is 23.9 Å². The number of rotatable bonds is 49. The fourth-order valence-corrected chi connectivity index (χ4v) is 8.14. The molecule has 0 bridgehead atoms.